The zero-order valence-electron chi connectivity index (χ0n) is 73.7. The Kier molecular flexibility index (Phi) is 20.3. The van der Waals surface area contributed by atoms with Crippen LogP contribution in [0.5, 0.6) is 0 Å². The van der Waals surface area contributed by atoms with Gasteiger partial charge in [0.15, 0.2) is 52.4 Å². The van der Waals surface area contributed by atoms with Crippen LogP contribution >= 0.6 is 0 Å². The highest BCUT2D eigenvalue weighted by molar-refractivity contribution is 6.22. The van der Waals surface area contributed by atoms with Gasteiger partial charge in [0, 0.05) is 82.4 Å². The fraction of sp³-hybridized carbons (Fsp3) is 0. The quantitative estimate of drug-likeness (QED) is 0.101. The summed E-state index contributed by atoms with van der Waals surface area (Å²) in [5.41, 5.74) is 23.0. The summed E-state index contributed by atoms with van der Waals surface area (Å²) in [6, 6.07) is 161. The van der Waals surface area contributed by atoms with Crippen molar-refractivity contribution >= 4 is 120 Å². The molecule has 0 saturated carbocycles. The van der Waals surface area contributed by atoms with Gasteiger partial charge in [0.05, 0.1) is 0 Å². The number of nitrogens with zero attached hydrogens (tertiary/aromatic N) is 9. The molecular formula is C125H77N9O3. The first kappa shape index (κ1) is 80.4. The summed E-state index contributed by atoms with van der Waals surface area (Å²) in [6.45, 7) is 0. The maximum absolute atomic E-state index is 6.33. The minimum Gasteiger partial charge on any atom is -0.456 e. The van der Waals surface area contributed by atoms with Crippen LogP contribution in [-0.4, -0.2) is 44.9 Å². The standard InChI is InChI=1S/C47H29N3O.C41H25N3O.C37H23N3O/c1-3-12-30(13-4-1)45-48-46(31-14-5-2-6-15-31)50-47(49-45)37-25-23-34-26-36(24-22-35(34)27-37)40-28-32-16-7-8-17-33(32)29-41(40)38-19-11-21-43-44(38)39-18-9-10-20-42(39)51-43;1-3-13-27(14-4-1)39-42-40(28-15-5-2-6-16-28)44-41(43-39)30-24-29-23-22-26-12-7-8-17-31(26)37(29)34(25-30)32-19-11-21-36-38(32)33-18-9-10-20-35(33)45-36;1-3-12-24(13-4-1)35-38-36(25-14-5-2-6-15-25)40-37(39-35)30-21-10-17-26-27(18-9-19-28(26)30)29-20-11-23-33-34(29)31-16-7-8-22-32(31)41-33/h1-29H;1-25H;1-23H. The van der Waals surface area contributed by atoms with Crippen LogP contribution in [0.2, 0.25) is 0 Å². The molecule has 21 aromatic carbocycles. The second-order valence-corrected chi connectivity index (χ2v) is 34.1. The molecule has 0 bridgehead atoms. The van der Waals surface area contributed by atoms with E-state index in [0.29, 0.717) is 52.4 Å². The second kappa shape index (κ2) is 34.6. The average molecular weight is 1750 g/mol. The molecule has 0 aliphatic rings. The summed E-state index contributed by atoms with van der Waals surface area (Å²) >= 11 is 0. The average Bonchev–Trinajstić information content (AvgIpc) is 1.72. The van der Waals surface area contributed by atoms with Crippen LogP contribution in [0.15, 0.2) is 480 Å². The molecule has 0 radical (unpaired) electrons. The van der Waals surface area contributed by atoms with Crippen molar-refractivity contribution < 1.29 is 13.3 Å². The van der Waals surface area contributed by atoms with Crippen LogP contribution in [0.3, 0.4) is 0 Å². The van der Waals surface area contributed by atoms with Gasteiger partial charge in [-0.1, -0.05) is 394 Å². The van der Waals surface area contributed by atoms with Gasteiger partial charge in [-0.15, -0.1) is 0 Å². The number of fused-ring (bicyclic) bond motifs is 15. The molecule has 137 heavy (non-hydrogen) atoms. The second-order valence-electron chi connectivity index (χ2n) is 34.1. The summed E-state index contributed by atoms with van der Waals surface area (Å²) in [6.07, 6.45) is 0. The number of aromatic nitrogens is 9. The minimum atomic E-state index is 0.628. The van der Waals surface area contributed by atoms with Crippen molar-refractivity contribution in [2.75, 3.05) is 0 Å². The van der Waals surface area contributed by atoms with Crippen LogP contribution in [0.25, 0.3) is 267 Å². The molecule has 27 rings (SSSR count). The molecule has 6 aromatic heterocycles. The van der Waals surface area contributed by atoms with E-state index < -0.39 is 0 Å². The lowest BCUT2D eigenvalue weighted by atomic mass is 9.88. The van der Waals surface area contributed by atoms with Crippen LogP contribution in [-0.2, 0) is 0 Å². The molecule has 0 atom stereocenters. The van der Waals surface area contributed by atoms with Crippen molar-refractivity contribution in [3.8, 4) is 147 Å². The Morgan fingerprint density at radius 1 is 0.117 bits per heavy atom. The van der Waals surface area contributed by atoms with Gasteiger partial charge in [0.25, 0.3) is 0 Å². The lowest BCUT2D eigenvalue weighted by molar-refractivity contribution is 0.668. The van der Waals surface area contributed by atoms with Gasteiger partial charge in [-0.3, -0.25) is 0 Å². The SMILES string of the molecule is c1ccc(-c2nc(-c3ccccc3)nc(-c3cc(-c4cccc5oc6ccccc6c45)c4c(ccc5ccccc54)c3)n2)cc1.c1ccc(-c2nc(-c3ccccc3)nc(-c3ccc4cc(-c5cc6ccccc6cc5-c5cccc6oc7ccccc7c56)ccc4c3)n2)cc1.c1ccc(-c2nc(-c3ccccc3)nc(-c3cccc4c(-c5cccc6oc7ccccc7c56)cccc34)n2)cc1. The Bertz CT molecular complexity index is 9180. The summed E-state index contributed by atoms with van der Waals surface area (Å²) in [5.74, 6) is 5.81. The molecule has 0 unspecified atom stereocenters. The van der Waals surface area contributed by atoms with Gasteiger partial charge in [-0.25, -0.2) is 44.9 Å². The molecule has 27 aromatic rings. The minimum absolute atomic E-state index is 0.628. The molecule has 0 aliphatic heterocycles. The van der Waals surface area contributed by atoms with Crippen molar-refractivity contribution in [2.24, 2.45) is 0 Å². The van der Waals surface area contributed by atoms with Crippen LogP contribution in [0, 0.1) is 0 Å². The Hall–Kier alpha value is -18.7. The first-order valence-electron chi connectivity index (χ1n) is 45.8. The van der Waals surface area contributed by atoms with E-state index in [1.165, 1.54) is 38.1 Å². The lowest BCUT2D eigenvalue weighted by Gasteiger charge is -2.15. The van der Waals surface area contributed by atoms with E-state index in [2.05, 4.69) is 237 Å². The lowest BCUT2D eigenvalue weighted by Crippen LogP contribution is -2.00. The molecule has 0 fully saturated rings. The molecule has 640 valence electrons. The third kappa shape index (κ3) is 15.1. The van der Waals surface area contributed by atoms with Gasteiger partial charge >= 0.3 is 0 Å². The van der Waals surface area contributed by atoms with Gasteiger partial charge in [0.1, 0.15) is 33.5 Å². The Balaban J connectivity index is 0.000000110. The molecule has 0 aliphatic carbocycles. The van der Waals surface area contributed by atoms with Crippen molar-refractivity contribution in [2.45, 2.75) is 0 Å². The molecule has 12 heteroatoms. The molecule has 0 saturated heterocycles. The zero-order valence-corrected chi connectivity index (χ0v) is 73.7. The summed E-state index contributed by atoms with van der Waals surface area (Å²) in [4.78, 5) is 44.7. The molecule has 0 spiro atoms. The first-order valence-corrected chi connectivity index (χ1v) is 45.8. The fourth-order valence-corrected chi connectivity index (χ4v) is 19.3. The van der Waals surface area contributed by atoms with E-state index in [9.17, 15) is 0 Å². The smallest absolute Gasteiger partial charge is 0.164 e. The topological polar surface area (TPSA) is 155 Å². The van der Waals surface area contributed by atoms with Gasteiger partial charge in [-0.05, 0) is 171 Å². The Labute approximate surface area is 786 Å². The molecule has 6 heterocycles. The first-order chi connectivity index (χ1) is 67.9. The van der Waals surface area contributed by atoms with E-state index in [4.69, 9.17) is 58.1 Å². The summed E-state index contributed by atoms with van der Waals surface area (Å²) in [7, 11) is 0. The third-order valence-electron chi connectivity index (χ3n) is 25.7. The maximum Gasteiger partial charge on any atom is 0.164 e. The highest BCUT2D eigenvalue weighted by atomic mass is 16.3. The van der Waals surface area contributed by atoms with E-state index in [0.717, 1.165) is 176 Å². The van der Waals surface area contributed by atoms with E-state index >= 15 is 0 Å². The highest BCUT2D eigenvalue weighted by Gasteiger charge is 2.25. The fourth-order valence-electron chi connectivity index (χ4n) is 19.3. The normalized spacial score (nSPS) is 11.5. The molecule has 0 amide bonds. The number of furan rings is 3. The highest BCUT2D eigenvalue weighted by Crippen LogP contribution is 2.48. The largest absolute Gasteiger partial charge is 0.456 e. The Morgan fingerprint density at radius 2 is 0.387 bits per heavy atom. The number of hydrogen-bond donors (Lipinski definition) is 0. The van der Waals surface area contributed by atoms with E-state index in [1.807, 2.05) is 231 Å². The summed E-state index contributed by atoms with van der Waals surface area (Å²) in [5, 5.41) is 18.3. The van der Waals surface area contributed by atoms with Crippen LogP contribution in [0.4, 0.5) is 0 Å². The molecule has 12 nitrogen and oxygen atoms in total. The Morgan fingerprint density at radius 3 is 0.825 bits per heavy atom. The van der Waals surface area contributed by atoms with Crippen molar-refractivity contribution in [1.82, 2.24) is 44.9 Å². The van der Waals surface area contributed by atoms with E-state index in [1.54, 1.807) is 0 Å². The van der Waals surface area contributed by atoms with Crippen LogP contribution < -0.4 is 0 Å². The number of rotatable bonds is 13. The maximum atomic E-state index is 6.33. The molecular weight excluding hydrogens is 1680 g/mol. The van der Waals surface area contributed by atoms with Crippen molar-refractivity contribution in [3.63, 3.8) is 0 Å². The van der Waals surface area contributed by atoms with Gasteiger partial charge < -0.3 is 13.3 Å². The summed E-state index contributed by atoms with van der Waals surface area (Å²) < 4.78 is 18.8. The number of benzene rings is 21. The number of hydrogen-bond acceptors (Lipinski definition) is 12. The monoisotopic (exact) mass is 1750 g/mol. The van der Waals surface area contributed by atoms with Crippen LogP contribution in [0.1, 0.15) is 0 Å². The predicted octanol–water partition coefficient (Wildman–Crippen LogP) is 32.8. The predicted molar refractivity (Wildman–Crippen MR) is 560 cm³/mol. The van der Waals surface area contributed by atoms with Gasteiger partial charge in [-0.2, -0.15) is 0 Å². The molecule has 0 N–H and O–H groups in total. The third-order valence-corrected chi connectivity index (χ3v) is 25.7. The van der Waals surface area contributed by atoms with Gasteiger partial charge in [0.2, 0.25) is 0 Å². The zero-order chi connectivity index (χ0) is 90.6. The van der Waals surface area contributed by atoms with Crippen molar-refractivity contribution in [1.29, 1.82) is 0 Å². The van der Waals surface area contributed by atoms with Crippen molar-refractivity contribution in [3.05, 3.63) is 467 Å². The van der Waals surface area contributed by atoms with E-state index in [-0.39, 0.29) is 0 Å². The number of para-hydroxylation sites is 3.